The number of aliphatic hydroxyl groups excluding tert-OH is 1. The summed E-state index contributed by atoms with van der Waals surface area (Å²) < 4.78 is 5.30. The van der Waals surface area contributed by atoms with Crippen molar-refractivity contribution in [1.82, 2.24) is 10.2 Å². The molecule has 2 atom stereocenters. The molecule has 5 heteroatoms. The van der Waals surface area contributed by atoms with Crippen LogP contribution in [-0.4, -0.2) is 49.2 Å². The molecule has 0 aromatic heterocycles. The van der Waals surface area contributed by atoms with Gasteiger partial charge in [-0.1, -0.05) is 11.6 Å². The zero-order chi connectivity index (χ0) is 15.4. The number of carbonyl (C=O) groups is 1. The van der Waals surface area contributed by atoms with E-state index in [9.17, 15) is 9.90 Å². The highest BCUT2D eigenvalue weighted by molar-refractivity contribution is 5.76. The molecular formula is C16H24N2O3. The van der Waals surface area contributed by atoms with Gasteiger partial charge in [0.2, 0.25) is 5.91 Å². The van der Waals surface area contributed by atoms with E-state index in [1.165, 1.54) is 0 Å². The van der Waals surface area contributed by atoms with Gasteiger partial charge in [0.1, 0.15) is 5.75 Å². The molecule has 1 saturated heterocycles. The van der Waals surface area contributed by atoms with Crippen molar-refractivity contribution in [3.05, 3.63) is 29.3 Å². The molecule has 1 aromatic carbocycles. The molecule has 0 bridgehead atoms. The number of hydrogen-bond donors (Lipinski definition) is 2. The highest BCUT2D eigenvalue weighted by atomic mass is 16.5. The summed E-state index contributed by atoms with van der Waals surface area (Å²) in [7, 11) is 3.42. The number of methoxy groups -OCH3 is 1. The normalized spacial score (nSPS) is 20.5. The van der Waals surface area contributed by atoms with E-state index in [1.807, 2.05) is 32.2 Å². The second kappa shape index (κ2) is 6.91. The number of likely N-dealkylation sites (tertiary alicyclic amines) is 1. The number of amides is 1. The van der Waals surface area contributed by atoms with Crippen LogP contribution < -0.4 is 10.1 Å². The average molecular weight is 292 g/mol. The largest absolute Gasteiger partial charge is 0.496 e. The van der Waals surface area contributed by atoms with Gasteiger partial charge in [-0.25, -0.2) is 0 Å². The van der Waals surface area contributed by atoms with Crippen LogP contribution in [0.15, 0.2) is 18.2 Å². The minimum atomic E-state index is -0.622. The number of ether oxygens (including phenoxy) is 1. The average Bonchev–Trinajstić information content (AvgIpc) is 2.48. The number of piperidine rings is 1. The summed E-state index contributed by atoms with van der Waals surface area (Å²) in [6.07, 6.45) is 0.765. The highest BCUT2D eigenvalue weighted by Gasteiger charge is 2.23. The van der Waals surface area contributed by atoms with Crippen LogP contribution in [0.25, 0.3) is 0 Å². The van der Waals surface area contributed by atoms with Gasteiger partial charge in [-0.3, -0.25) is 4.79 Å². The third-order valence-electron chi connectivity index (χ3n) is 3.97. The van der Waals surface area contributed by atoms with E-state index in [2.05, 4.69) is 5.32 Å². The van der Waals surface area contributed by atoms with Crippen molar-refractivity contribution in [2.24, 2.45) is 0 Å². The summed E-state index contributed by atoms with van der Waals surface area (Å²) >= 11 is 0. The predicted molar refractivity (Wildman–Crippen MR) is 81.4 cm³/mol. The van der Waals surface area contributed by atoms with Crippen LogP contribution in [0.2, 0.25) is 0 Å². The Bertz CT molecular complexity index is 504. The van der Waals surface area contributed by atoms with E-state index in [0.717, 1.165) is 17.5 Å². The van der Waals surface area contributed by atoms with Crippen molar-refractivity contribution < 1.29 is 14.6 Å². The standard InChI is InChI=1S/C16H24N2O3/c1-11-4-6-15(21-3)13(8-11)14(19)9-17-12-5-7-16(20)18(2)10-12/h4,6,8,12,14,17,19H,5,7,9-10H2,1-3H3. The van der Waals surface area contributed by atoms with Gasteiger partial charge in [0.05, 0.1) is 13.2 Å². The molecule has 1 aromatic rings. The van der Waals surface area contributed by atoms with Crippen molar-refractivity contribution in [3.63, 3.8) is 0 Å². The Morgan fingerprint density at radius 2 is 2.29 bits per heavy atom. The third kappa shape index (κ3) is 3.95. The van der Waals surface area contributed by atoms with Crippen molar-refractivity contribution >= 4 is 5.91 Å². The van der Waals surface area contributed by atoms with Crippen LogP contribution in [0, 0.1) is 6.92 Å². The first kappa shape index (κ1) is 15.8. The van der Waals surface area contributed by atoms with Crippen LogP contribution in [0.4, 0.5) is 0 Å². The Morgan fingerprint density at radius 1 is 1.52 bits per heavy atom. The topological polar surface area (TPSA) is 61.8 Å². The highest BCUT2D eigenvalue weighted by Crippen LogP contribution is 2.26. The number of carbonyl (C=O) groups excluding carboxylic acids is 1. The maximum Gasteiger partial charge on any atom is 0.222 e. The summed E-state index contributed by atoms with van der Waals surface area (Å²) in [5.41, 5.74) is 1.89. The molecule has 0 spiro atoms. The third-order valence-corrected chi connectivity index (χ3v) is 3.97. The number of benzene rings is 1. The van der Waals surface area contributed by atoms with Crippen LogP contribution >= 0.6 is 0 Å². The van der Waals surface area contributed by atoms with E-state index in [1.54, 1.807) is 12.0 Å². The second-order valence-electron chi connectivity index (χ2n) is 5.68. The van der Waals surface area contributed by atoms with Gasteiger partial charge in [-0.2, -0.15) is 0 Å². The zero-order valence-corrected chi connectivity index (χ0v) is 12.9. The quantitative estimate of drug-likeness (QED) is 0.857. The van der Waals surface area contributed by atoms with Crippen LogP contribution in [0.5, 0.6) is 5.75 Å². The predicted octanol–water partition coefficient (Wildman–Crippen LogP) is 1.25. The zero-order valence-electron chi connectivity index (χ0n) is 12.9. The Labute approximate surface area is 125 Å². The lowest BCUT2D eigenvalue weighted by atomic mass is 10.0. The Balaban J connectivity index is 1.94. The van der Waals surface area contributed by atoms with Gasteiger partial charge in [0.15, 0.2) is 0 Å². The number of aryl methyl sites for hydroxylation is 1. The number of likely N-dealkylation sites (N-methyl/N-ethyl adjacent to an activating group) is 1. The van der Waals surface area contributed by atoms with Crippen molar-refractivity contribution in [3.8, 4) is 5.75 Å². The second-order valence-corrected chi connectivity index (χ2v) is 5.68. The molecule has 1 fully saturated rings. The van der Waals surface area contributed by atoms with E-state index < -0.39 is 6.10 Å². The van der Waals surface area contributed by atoms with Crippen molar-refractivity contribution in [2.45, 2.75) is 31.9 Å². The van der Waals surface area contributed by atoms with Gasteiger partial charge in [0.25, 0.3) is 0 Å². The summed E-state index contributed by atoms with van der Waals surface area (Å²) in [5.74, 6) is 0.889. The van der Waals surface area contributed by atoms with Crippen LogP contribution in [0.3, 0.4) is 0 Å². The SMILES string of the molecule is COc1ccc(C)cc1C(O)CNC1CCC(=O)N(C)C1. The van der Waals surface area contributed by atoms with E-state index in [0.29, 0.717) is 25.3 Å². The number of nitrogens with one attached hydrogen (secondary N) is 1. The minimum Gasteiger partial charge on any atom is -0.496 e. The molecule has 1 aliphatic heterocycles. The maximum absolute atomic E-state index is 11.5. The maximum atomic E-state index is 11.5. The first-order chi connectivity index (χ1) is 10.0. The molecule has 2 N–H and O–H groups in total. The first-order valence-corrected chi connectivity index (χ1v) is 7.31. The molecule has 2 rings (SSSR count). The molecule has 5 nitrogen and oxygen atoms in total. The van der Waals surface area contributed by atoms with E-state index in [4.69, 9.17) is 4.74 Å². The first-order valence-electron chi connectivity index (χ1n) is 7.31. The molecule has 116 valence electrons. The summed E-state index contributed by atoms with van der Waals surface area (Å²) in [6, 6.07) is 6.02. The van der Waals surface area contributed by atoms with Crippen LogP contribution in [0.1, 0.15) is 30.1 Å². The lowest BCUT2D eigenvalue weighted by Gasteiger charge is -2.31. The Kier molecular flexibility index (Phi) is 5.20. The molecule has 1 amide bonds. The van der Waals surface area contributed by atoms with Crippen molar-refractivity contribution in [2.75, 3.05) is 27.2 Å². The van der Waals surface area contributed by atoms with Crippen molar-refractivity contribution in [1.29, 1.82) is 0 Å². The molecular weight excluding hydrogens is 268 g/mol. The fourth-order valence-electron chi connectivity index (χ4n) is 2.68. The van der Waals surface area contributed by atoms with Gasteiger partial charge < -0.3 is 20.1 Å². The van der Waals surface area contributed by atoms with E-state index >= 15 is 0 Å². The van der Waals surface area contributed by atoms with Gasteiger partial charge in [0, 0.05) is 38.2 Å². The Hall–Kier alpha value is -1.59. The summed E-state index contributed by atoms with van der Waals surface area (Å²) in [4.78, 5) is 13.2. The lowest BCUT2D eigenvalue weighted by molar-refractivity contribution is -0.132. The molecule has 0 aliphatic carbocycles. The molecule has 0 radical (unpaired) electrons. The lowest BCUT2D eigenvalue weighted by Crippen LogP contribution is -2.47. The number of hydrogen-bond acceptors (Lipinski definition) is 4. The fourth-order valence-corrected chi connectivity index (χ4v) is 2.68. The van der Waals surface area contributed by atoms with Gasteiger partial charge in [-0.15, -0.1) is 0 Å². The smallest absolute Gasteiger partial charge is 0.222 e. The fraction of sp³-hybridized carbons (Fsp3) is 0.562. The Morgan fingerprint density at radius 3 is 2.95 bits per heavy atom. The minimum absolute atomic E-state index is 0.189. The molecule has 2 unspecified atom stereocenters. The summed E-state index contributed by atoms with van der Waals surface area (Å²) in [5, 5.41) is 13.7. The monoisotopic (exact) mass is 292 g/mol. The molecule has 1 heterocycles. The molecule has 1 aliphatic rings. The van der Waals surface area contributed by atoms with Gasteiger partial charge in [-0.05, 0) is 25.5 Å². The number of nitrogens with zero attached hydrogens (tertiary/aromatic N) is 1. The summed E-state index contributed by atoms with van der Waals surface area (Å²) in [6.45, 7) is 3.13. The molecule has 0 saturated carbocycles. The number of aliphatic hydroxyl groups is 1. The van der Waals surface area contributed by atoms with E-state index in [-0.39, 0.29) is 11.9 Å². The molecule has 21 heavy (non-hydrogen) atoms. The van der Waals surface area contributed by atoms with Crippen LogP contribution in [-0.2, 0) is 4.79 Å². The number of rotatable bonds is 5. The van der Waals surface area contributed by atoms with Gasteiger partial charge >= 0.3 is 0 Å².